The van der Waals surface area contributed by atoms with Crippen molar-refractivity contribution in [3.8, 4) is 0 Å². The molecule has 1 rings (SSSR count). The second-order valence-electron chi connectivity index (χ2n) is 4.30. The van der Waals surface area contributed by atoms with E-state index in [1.165, 1.54) is 0 Å². The Morgan fingerprint density at radius 1 is 1.33 bits per heavy atom. The maximum Gasteiger partial charge on any atom is 0.314 e. The summed E-state index contributed by atoms with van der Waals surface area (Å²) < 4.78 is 9.94. The molecule has 0 aliphatic carbocycles. The lowest BCUT2D eigenvalue weighted by atomic mass is 9.80. The van der Waals surface area contributed by atoms with Crippen LogP contribution in [0.2, 0.25) is 0 Å². The average molecular weight is 260 g/mol. The van der Waals surface area contributed by atoms with Gasteiger partial charge in [-0.05, 0) is 12.8 Å². The first-order valence-electron chi connectivity index (χ1n) is 5.92. The molecule has 3 N–H and O–H groups in total. The summed E-state index contributed by atoms with van der Waals surface area (Å²) in [5.41, 5.74) is -0.906. The Morgan fingerprint density at radius 3 is 2.56 bits per heavy atom. The van der Waals surface area contributed by atoms with Gasteiger partial charge in [-0.25, -0.2) is 4.79 Å². The largest absolute Gasteiger partial charge is 0.481 e. The molecule has 1 fully saturated rings. The van der Waals surface area contributed by atoms with Crippen LogP contribution in [0.1, 0.15) is 12.8 Å². The standard InChI is InChI=1S/C11H20N2O5/c1-17-7-4-12-10(16)13-8-11(9(14)15)2-5-18-6-3-11/h2-8H2,1H3,(H,14,15)(H2,12,13,16). The van der Waals surface area contributed by atoms with Crippen LogP contribution in [0.4, 0.5) is 4.79 Å². The molecule has 0 aromatic heterocycles. The molecule has 1 aliphatic rings. The van der Waals surface area contributed by atoms with Gasteiger partial charge in [0.15, 0.2) is 0 Å². The predicted octanol–water partition coefficient (Wildman–Crippen LogP) is -0.187. The minimum absolute atomic E-state index is 0.116. The number of hydrogen-bond donors (Lipinski definition) is 3. The number of aliphatic carboxylic acids is 1. The van der Waals surface area contributed by atoms with Crippen LogP contribution in [0.3, 0.4) is 0 Å². The highest BCUT2D eigenvalue weighted by Gasteiger charge is 2.40. The highest BCUT2D eigenvalue weighted by Crippen LogP contribution is 2.29. The second kappa shape index (κ2) is 7.17. The number of nitrogens with one attached hydrogen (secondary N) is 2. The van der Waals surface area contributed by atoms with Crippen molar-refractivity contribution in [2.45, 2.75) is 12.8 Å². The number of ether oxygens (including phenoxy) is 2. The molecule has 2 amide bonds. The molecule has 0 unspecified atom stereocenters. The smallest absolute Gasteiger partial charge is 0.314 e. The van der Waals surface area contributed by atoms with Gasteiger partial charge >= 0.3 is 12.0 Å². The Labute approximate surface area is 106 Å². The number of carbonyl (C=O) groups excluding carboxylic acids is 1. The lowest BCUT2D eigenvalue weighted by Gasteiger charge is -2.33. The van der Waals surface area contributed by atoms with Crippen molar-refractivity contribution in [1.82, 2.24) is 10.6 Å². The van der Waals surface area contributed by atoms with E-state index in [-0.39, 0.29) is 12.6 Å². The topological polar surface area (TPSA) is 96.9 Å². The van der Waals surface area contributed by atoms with Crippen LogP contribution in [0.15, 0.2) is 0 Å². The van der Waals surface area contributed by atoms with Gasteiger partial charge in [0, 0.05) is 33.4 Å². The highest BCUT2D eigenvalue weighted by molar-refractivity contribution is 5.78. The number of hydrogen-bond acceptors (Lipinski definition) is 4. The Bertz CT molecular complexity index is 289. The molecule has 18 heavy (non-hydrogen) atoms. The molecule has 1 saturated heterocycles. The minimum atomic E-state index is -0.906. The first-order valence-corrected chi connectivity index (χ1v) is 5.92. The summed E-state index contributed by atoms with van der Waals surface area (Å²) in [6.45, 7) is 1.76. The Balaban J connectivity index is 2.38. The van der Waals surface area contributed by atoms with Crippen molar-refractivity contribution in [2.75, 3.05) is 40.0 Å². The van der Waals surface area contributed by atoms with Gasteiger partial charge in [-0.3, -0.25) is 4.79 Å². The van der Waals surface area contributed by atoms with Gasteiger partial charge in [0.2, 0.25) is 0 Å². The number of rotatable bonds is 6. The molecule has 7 nitrogen and oxygen atoms in total. The molecule has 1 aliphatic heterocycles. The summed E-state index contributed by atoms with van der Waals surface area (Å²) in [4.78, 5) is 22.7. The minimum Gasteiger partial charge on any atom is -0.481 e. The summed E-state index contributed by atoms with van der Waals surface area (Å²) in [5.74, 6) is -0.886. The summed E-state index contributed by atoms with van der Waals surface area (Å²) in [5, 5.41) is 14.4. The van der Waals surface area contributed by atoms with Gasteiger partial charge < -0.3 is 25.2 Å². The average Bonchev–Trinajstić information content (AvgIpc) is 2.37. The third-order valence-corrected chi connectivity index (χ3v) is 3.08. The fraction of sp³-hybridized carbons (Fsp3) is 0.818. The third kappa shape index (κ3) is 4.15. The summed E-state index contributed by atoms with van der Waals surface area (Å²) in [7, 11) is 1.54. The van der Waals surface area contributed by atoms with Crippen LogP contribution in [0.25, 0.3) is 0 Å². The van der Waals surface area contributed by atoms with Gasteiger partial charge in [0.05, 0.1) is 12.0 Å². The van der Waals surface area contributed by atoms with E-state index in [1.54, 1.807) is 7.11 Å². The quantitative estimate of drug-likeness (QED) is 0.575. The molecule has 0 aromatic rings. The molecule has 0 spiro atoms. The first kappa shape index (κ1) is 14.7. The van der Waals surface area contributed by atoms with Crippen LogP contribution in [0, 0.1) is 5.41 Å². The Kier molecular flexibility index (Phi) is 5.87. The number of carboxylic acid groups (broad SMARTS) is 1. The molecule has 0 bridgehead atoms. The Hall–Kier alpha value is -1.34. The van der Waals surface area contributed by atoms with E-state index in [0.29, 0.717) is 39.2 Å². The molecular formula is C11H20N2O5. The van der Waals surface area contributed by atoms with E-state index < -0.39 is 11.4 Å². The first-order chi connectivity index (χ1) is 8.60. The zero-order chi connectivity index (χ0) is 13.4. The number of carbonyl (C=O) groups is 2. The molecule has 0 saturated carbocycles. The maximum atomic E-state index is 11.4. The number of carboxylic acids is 1. The van der Waals surface area contributed by atoms with Crippen LogP contribution < -0.4 is 10.6 Å². The highest BCUT2D eigenvalue weighted by atomic mass is 16.5. The number of urea groups is 1. The van der Waals surface area contributed by atoms with Crippen LogP contribution in [-0.4, -0.2) is 57.1 Å². The van der Waals surface area contributed by atoms with Gasteiger partial charge in [0.25, 0.3) is 0 Å². The van der Waals surface area contributed by atoms with E-state index >= 15 is 0 Å². The van der Waals surface area contributed by atoms with Crippen molar-refractivity contribution in [1.29, 1.82) is 0 Å². The molecule has 1 heterocycles. The van der Waals surface area contributed by atoms with E-state index in [4.69, 9.17) is 9.47 Å². The molecule has 0 atom stereocenters. The third-order valence-electron chi connectivity index (χ3n) is 3.08. The number of amides is 2. The van der Waals surface area contributed by atoms with E-state index in [9.17, 15) is 14.7 Å². The van der Waals surface area contributed by atoms with Gasteiger partial charge in [-0.1, -0.05) is 0 Å². The molecule has 0 aromatic carbocycles. The molecular weight excluding hydrogens is 240 g/mol. The van der Waals surface area contributed by atoms with Crippen LogP contribution in [0.5, 0.6) is 0 Å². The van der Waals surface area contributed by atoms with E-state index in [0.717, 1.165) is 0 Å². The van der Waals surface area contributed by atoms with Crippen molar-refractivity contribution in [2.24, 2.45) is 5.41 Å². The van der Waals surface area contributed by atoms with E-state index in [1.807, 2.05) is 0 Å². The van der Waals surface area contributed by atoms with Crippen molar-refractivity contribution >= 4 is 12.0 Å². The summed E-state index contributed by atoms with van der Waals surface area (Å²) in [6.07, 6.45) is 0.835. The summed E-state index contributed by atoms with van der Waals surface area (Å²) >= 11 is 0. The van der Waals surface area contributed by atoms with Crippen LogP contribution in [-0.2, 0) is 14.3 Å². The summed E-state index contributed by atoms with van der Waals surface area (Å²) in [6, 6.07) is -0.376. The van der Waals surface area contributed by atoms with Crippen LogP contribution >= 0.6 is 0 Å². The van der Waals surface area contributed by atoms with Gasteiger partial charge in [0.1, 0.15) is 0 Å². The molecule has 104 valence electrons. The zero-order valence-corrected chi connectivity index (χ0v) is 10.5. The lowest BCUT2D eigenvalue weighted by molar-refractivity contribution is -0.154. The predicted molar refractivity (Wildman–Crippen MR) is 63.4 cm³/mol. The normalized spacial score (nSPS) is 18.1. The molecule has 7 heteroatoms. The van der Waals surface area contributed by atoms with Crippen molar-refractivity contribution < 1.29 is 24.2 Å². The SMILES string of the molecule is COCCNC(=O)NCC1(C(=O)O)CCOCC1. The fourth-order valence-corrected chi connectivity index (χ4v) is 1.81. The zero-order valence-electron chi connectivity index (χ0n) is 10.5. The van der Waals surface area contributed by atoms with Gasteiger partial charge in [-0.15, -0.1) is 0 Å². The second-order valence-corrected chi connectivity index (χ2v) is 4.30. The monoisotopic (exact) mass is 260 g/mol. The Morgan fingerprint density at radius 2 is 2.00 bits per heavy atom. The maximum absolute atomic E-state index is 11.4. The lowest BCUT2D eigenvalue weighted by Crippen LogP contribution is -2.49. The number of methoxy groups -OCH3 is 1. The van der Waals surface area contributed by atoms with E-state index in [2.05, 4.69) is 10.6 Å². The fourth-order valence-electron chi connectivity index (χ4n) is 1.81. The van der Waals surface area contributed by atoms with Crippen molar-refractivity contribution in [3.05, 3.63) is 0 Å². The van der Waals surface area contributed by atoms with Gasteiger partial charge in [-0.2, -0.15) is 0 Å². The van der Waals surface area contributed by atoms with Crippen molar-refractivity contribution in [3.63, 3.8) is 0 Å². The molecule has 0 radical (unpaired) electrons.